The number of benzene rings is 1. The van der Waals surface area contributed by atoms with Crippen LogP contribution in [0.5, 0.6) is 5.75 Å². The highest BCUT2D eigenvalue weighted by Gasteiger charge is 2.24. The number of rotatable bonds is 1. The van der Waals surface area contributed by atoms with Crippen LogP contribution in [-0.2, 0) is 4.79 Å². The Kier molecular flexibility index (Phi) is 2.46. The first-order valence-electron chi connectivity index (χ1n) is 4.44. The van der Waals surface area contributed by atoms with Crippen molar-refractivity contribution in [2.75, 3.05) is 0 Å². The summed E-state index contributed by atoms with van der Waals surface area (Å²) in [5, 5.41) is 12.5. The van der Waals surface area contributed by atoms with Gasteiger partial charge in [0, 0.05) is 16.5 Å². The van der Waals surface area contributed by atoms with E-state index in [0.29, 0.717) is 6.42 Å². The Labute approximate surface area is 90.3 Å². The lowest BCUT2D eigenvalue weighted by Gasteiger charge is -2.12. The van der Waals surface area contributed by atoms with Crippen LogP contribution in [0.25, 0.3) is 0 Å². The van der Waals surface area contributed by atoms with Gasteiger partial charge in [0.15, 0.2) is 0 Å². The number of phenols is 1. The van der Waals surface area contributed by atoms with Crippen molar-refractivity contribution in [1.29, 1.82) is 0 Å². The summed E-state index contributed by atoms with van der Waals surface area (Å²) in [5.41, 5.74) is 0.791. The topological polar surface area (TPSA) is 49.3 Å². The van der Waals surface area contributed by atoms with Gasteiger partial charge in [0.25, 0.3) is 0 Å². The predicted octanol–water partition coefficient (Wildman–Crippen LogP) is 2.11. The maximum atomic E-state index is 11.0. The Balaban J connectivity index is 2.28. The third-order valence-electron chi connectivity index (χ3n) is 2.36. The number of aromatic hydroxyl groups is 1. The van der Waals surface area contributed by atoms with Gasteiger partial charge < -0.3 is 10.4 Å². The molecule has 74 valence electrons. The van der Waals surface area contributed by atoms with Crippen LogP contribution in [0.2, 0.25) is 0 Å². The van der Waals surface area contributed by atoms with Crippen molar-refractivity contribution < 1.29 is 9.90 Å². The number of carbonyl (C=O) groups excluding carboxylic acids is 1. The Morgan fingerprint density at radius 3 is 2.86 bits per heavy atom. The van der Waals surface area contributed by atoms with Gasteiger partial charge in [0.1, 0.15) is 5.75 Å². The lowest BCUT2D eigenvalue weighted by molar-refractivity contribution is -0.119. The molecule has 0 bridgehead atoms. The van der Waals surface area contributed by atoms with E-state index < -0.39 is 0 Å². The highest BCUT2D eigenvalue weighted by molar-refractivity contribution is 9.10. The zero-order chi connectivity index (χ0) is 10.1. The zero-order valence-electron chi connectivity index (χ0n) is 7.46. The maximum Gasteiger partial charge on any atom is 0.220 e. The minimum absolute atomic E-state index is 0.0319. The normalized spacial score (nSPS) is 20.9. The quantitative estimate of drug-likeness (QED) is 0.808. The molecule has 14 heavy (non-hydrogen) atoms. The summed E-state index contributed by atoms with van der Waals surface area (Å²) in [4.78, 5) is 11.0. The molecular weight excluding hydrogens is 246 g/mol. The molecule has 1 aliphatic heterocycles. The van der Waals surface area contributed by atoms with Gasteiger partial charge in [-0.1, -0.05) is 22.0 Å². The van der Waals surface area contributed by atoms with Crippen molar-refractivity contribution in [2.45, 2.75) is 18.9 Å². The maximum absolute atomic E-state index is 11.0. The summed E-state index contributed by atoms with van der Waals surface area (Å²) in [6.45, 7) is 0. The fourth-order valence-corrected chi connectivity index (χ4v) is 2.01. The van der Waals surface area contributed by atoms with Gasteiger partial charge in [-0.3, -0.25) is 4.79 Å². The van der Waals surface area contributed by atoms with Crippen molar-refractivity contribution in [3.8, 4) is 5.75 Å². The Morgan fingerprint density at radius 1 is 1.50 bits per heavy atom. The largest absolute Gasteiger partial charge is 0.508 e. The number of phenolic OH excluding ortho intramolecular Hbond substituents is 1. The van der Waals surface area contributed by atoms with E-state index in [-0.39, 0.29) is 17.7 Å². The molecule has 0 radical (unpaired) electrons. The van der Waals surface area contributed by atoms with Crippen LogP contribution in [0.1, 0.15) is 24.4 Å². The monoisotopic (exact) mass is 255 g/mol. The summed E-state index contributed by atoms with van der Waals surface area (Å²) >= 11 is 3.27. The van der Waals surface area contributed by atoms with E-state index in [1.54, 1.807) is 6.07 Å². The second-order valence-electron chi connectivity index (χ2n) is 3.36. The van der Waals surface area contributed by atoms with Gasteiger partial charge >= 0.3 is 0 Å². The first-order chi connectivity index (χ1) is 6.66. The van der Waals surface area contributed by atoms with Crippen LogP contribution in [0.3, 0.4) is 0 Å². The molecule has 1 fully saturated rings. The molecule has 0 aromatic heterocycles. The van der Waals surface area contributed by atoms with Crippen molar-refractivity contribution >= 4 is 21.8 Å². The number of hydrogen-bond acceptors (Lipinski definition) is 2. The molecule has 3 nitrogen and oxygen atoms in total. The summed E-state index contributed by atoms with van der Waals surface area (Å²) < 4.78 is 0.836. The summed E-state index contributed by atoms with van der Waals surface area (Å²) in [5.74, 6) is 0.281. The average Bonchev–Trinajstić information content (AvgIpc) is 2.51. The van der Waals surface area contributed by atoms with Crippen LogP contribution in [-0.4, -0.2) is 11.0 Å². The molecule has 1 saturated heterocycles. The minimum Gasteiger partial charge on any atom is -0.508 e. The molecule has 0 spiro atoms. The number of nitrogens with one attached hydrogen (secondary N) is 1. The Hall–Kier alpha value is -1.03. The van der Waals surface area contributed by atoms with E-state index in [4.69, 9.17) is 0 Å². The van der Waals surface area contributed by atoms with Crippen molar-refractivity contribution in [1.82, 2.24) is 5.32 Å². The van der Waals surface area contributed by atoms with Gasteiger partial charge in [-0.2, -0.15) is 0 Å². The molecule has 4 heteroatoms. The summed E-state index contributed by atoms with van der Waals surface area (Å²) in [6.07, 6.45) is 1.30. The standard InChI is InChI=1S/C10H10BrNO2/c11-6-1-2-7(9(13)5-6)8-3-4-10(14)12-8/h1-2,5,8,13H,3-4H2,(H,12,14)/t8-/m0/s1. The molecule has 1 amide bonds. The first-order valence-corrected chi connectivity index (χ1v) is 5.24. The first kappa shape index (κ1) is 9.52. The second-order valence-corrected chi connectivity index (χ2v) is 4.28. The third-order valence-corrected chi connectivity index (χ3v) is 2.86. The Bertz CT molecular complexity index is 378. The molecule has 1 atom stereocenters. The van der Waals surface area contributed by atoms with Crippen LogP contribution in [0, 0.1) is 0 Å². The van der Waals surface area contributed by atoms with Crippen LogP contribution < -0.4 is 5.32 Å². The van der Waals surface area contributed by atoms with Crippen LogP contribution in [0.4, 0.5) is 0 Å². The van der Waals surface area contributed by atoms with E-state index in [1.165, 1.54) is 0 Å². The average molecular weight is 256 g/mol. The van der Waals surface area contributed by atoms with Gasteiger partial charge in [-0.15, -0.1) is 0 Å². The molecule has 0 aliphatic carbocycles. The van der Waals surface area contributed by atoms with Crippen LogP contribution >= 0.6 is 15.9 Å². The molecule has 0 unspecified atom stereocenters. The number of amides is 1. The molecule has 1 heterocycles. The fourth-order valence-electron chi connectivity index (χ4n) is 1.66. The van der Waals surface area contributed by atoms with Gasteiger partial charge in [-0.05, 0) is 18.6 Å². The molecule has 2 N–H and O–H groups in total. The zero-order valence-corrected chi connectivity index (χ0v) is 9.04. The minimum atomic E-state index is -0.0319. The second kappa shape index (κ2) is 3.61. The van der Waals surface area contributed by atoms with E-state index >= 15 is 0 Å². The molecule has 1 aromatic carbocycles. The summed E-state index contributed by atoms with van der Waals surface area (Å²) in [7, 11) is 0. The van der Waals surface area contributed by atoms with Gasteiger partial charge in [-0.25, -0.2) is 0 Å². The van der Waals surface area contributed by atoms with Crippen molar-refractivity contribution in [2.24, 2.45) is 0 Å². The smallest absolute Gasteiger partial charge is 0.220 e. The van der Waals surface area contributed by atoms with E-state index in [0.717, 1.165) is 16.5 Å². The number of halogens is 1. The molecular formula is C10H10BrNO2. The fraction of sp³-hybridized carbons (Fsp3) is 0.300. The molecule has 0 saturated carbocycles. The molecule has 2 rings (SSSR count). The van der Waals surface area contributed by atoms with Gasteiger partial charge in [0.2, 0.25) is 5.91 Å². The lowest BCUT2D eigenvalue weighted by Crippen LogP contribution is -2.18. The molecule has 1 aliphatic rings. The lowest BCUT2D eigenvalue weighted by atomic mass is 10.0. The van der Waals surface area contributed by atoms with Crippen molar-refractivity contribution in [3.63, 3.8) is 0 Å². The molecule has 1 aromatic rings. The van der Waals surface area contributed by atoms with E-state index in [9.17, 15) is 9.90 Å². The predicted molar refractivity (Wildman–Crippen MR) is 55.9 cm³/mol. The SMILES string of the molecule is O=C1CC[C@@H](c2ccc(Br)cc2O)N1. The Morgan fingerprint density at radius 2 is 2.29 bits per heavy atom. The summed E-state index contributed by atoms with van der Waals surface area (Å²) in [6, 6.07) is 5.30. The van der Waals surface area contributed by atoms with Crippen LogP contribution in [0.15, 0.2) is 22.7 Å². The number of carbonyl (C=O) groups is 1. The van der Waals surface area contributed by atoms with E-state index in [1.807, 2.05) is 12.1 Å². The highest BCUT2D eigenvalue weighted by Crippen LogP contribution is 2.32. The third kappa shape index (κ3) is 1.75. The number of hydrogen-bond donors (Lipinski definition) is 2. The highest BCUT2D eigenvalue weighted by atomic mass is 79.9. The van der Waals surface area contributed by atoms with Crippen molar-refractivity contribution in [3.05, 3.63) is 28.2 Å². The van der Waals surface area contributed by atoms with E-state index in [2.05, 4.69) is 21.2 Å². The van der Waals surface area contributed by atoms with Gasteiger partial charge in [0.05, 0.1) is 6.04 Å².